The van der Waals surface area contributed by atoms with E-state index in [9.17, 15) is 9.90 Å². The van der Waals surface area contributed by atoms with E-state index in [2.05, 4.69) is 0 Å². The van der Waals surface area contributed by atoms with Crippen LogP contribution in [0.2, 0.25) is 0 Å². The Hall–Kier alpha value is -0.570. The lowest BCUT2D eigenvalue weighted by molar-refractivity contribution is -0.259. The van der Waals surface area contributed by atoms with Crippen molar-refractivity contribution in [3.63, 3.8) is 0 Å². The van der Waals surface area contributed by atoms with E-state index >= 15 is 0 Å². The van der Waals surface area contributed by atoms with Crippen molar-refractivity contribution >= 4 is 5.97 Å². The molecule has 1 N–H and O–H groups in total. The van der Waals surface area contributed by atoms with Gasteiger partial charge in [-0.1, -0.05) is 34.6 Å². The van der Waals surface area contributed by atoms with Crippen LogP contribution in [0, 0.1) is 10.8 Å². The SMILES string of the molecule is CCC(=O)OC1C(C)(C)C(O)C1(C)C. The normalized spacial score (nSPS) is 33.3. The molecule has 0 aliphatic heterocycles. The molecule has 1 saturated carbocycles. The zero-order valence-electron chi connectivity index (χ0n) is 9.63. The summed E-state index contributed by atoms with van der Waals surface area (Å²) >= 11 is 0. The van der Waals surface area contributed by atoms with Gasteiger partial charge in [0.05, 0.1) is 6.10 Å². The molecule has 0 bridgehead atoms. The summed E-state index contributed by atoms with van der Waals surface area (Å²) in [6, 6.07) is 0. The van der Waals surface area contributed by atoms with Crippen LogP contribution in [0.3, 0.4) is 0 Å². The highest BCUT2D eigenvalue weighted by Crippen LogP contribution is 2.55. The van der Waals surface area contributed by atoms with E-state index < -0.39 is 6.10 Å². The molecule has 0 aromatic heterocycles. The second kappa shape index (κ2) is 3.23. The highest BCUT2D eigenvalue weighted by molar-refractivity contribution is 5.69. The number of rotatable bonds is 2. The van der Waals surface area contributed by atoms with Crippen LogP contribution in [0.15, 0.2) is 0 Å². The molecule has 0 amide bonds. The molecule has 0 unspecified atom stereocenters. The van der Waals surface area contributed by atoms with Crippen molar-refractivity contribution in [1.29, 1.82) is 0 Å². The average molecular weight is 200 g/mol. The summed E-state index contributed by atoms with van der Waals surface area (Å²) in [6.45, 7) is 9.48. The first-order valence-electron chi connectivity index (χ1n) is 5.12. The van der Waals surface area contributed by atoms with Crippen molar-refractivity contribution in [2.45, 2.75) is 53.2 Å². The van der Waals surface area contributed by atoms with E-state index in [1.165, 1.54) is 0 Å². The molecule has 0 saturated heterocycles. The monoisotopic (exact) mass is 200 g/mol. The molecule has 1 aliphatic carbocycles. The summed E-state index contributed by atoms with van der Waals surface area (Å²) in [5, 5.41) is 9.87. The first-order chi connectivity index (χ1) is 6.24. The Balaban J connectivity index is 2.73. The third kappa shape index (κ3) is 1.44. The fourth-order valence-electron chi connectivity index (χ4n) is 2.63. The van der Waals surface area contributed by atoms with Crippen LogP contribution in [0.5, 0.6) is 0 Å². The number of hydrogen-bond acceptors (Lipinski definition) is 3. The number of ether oxygens (including phenoxy) is 1. The molecule has 3 nitrogen and oxygen atoms in total. The fraction of sp³-hybridized carbons (Fsp3) is 0.909. The van der Waals surface area contributed by atoms with Gasteiger partial charge in [0.25, 0.3) is 0 Å². The molecule has 0 aromatic rings. The van der Waals surface area contributed by atoms with Crippen molar-refractivity contribution in [3.05, 3.63) is 0 Å². The Bertz CT molecular complexity index is 227. The lowest BCUT2D eigenvalue weighted by Crippen LogP contribution is -2.68. The molecule has 0 spiro atoms. The average Bonchev–Trinajstić information content (AvgIpc) is 2.11. The number of aliphatic hydroxyl groups excluding tert-OH is 1. The van der Waals surface area contributed by atoms with E-state index in [0.717, 1.165) is 0 Å². The summed E-state index contributed by atoms with van der Waals surface area (Å²) < 4.78 is 5.34. The smallest absolute Gasteiger partial charge is 0.305 e. The molecule has 0 aromatic carbocycles. The Kier molecular flexibility index (Phi) is 2.65. The fourth-order valence-corrected chi connectivity index (χ4v) is 2.63. The van der Waals surface area contributed by atoms with E-state index in [1.54, 1.807) is 6.92 Å². The van der Waals surface area contributed by atoms with Crippen molar-refractivity contribution in [3.8, 4) is 0 Å². The molecule has 0 heterocycles. The Morgan fingerprint density at radius 1 is 1.29 bits per heavy atom. The maximum atomic E-state index is 11.2. The Morgan fingerprint density at radius 2 is 1.71 bits per heavy atom. The molecule has 1 rings (SSSR count). The predicted molar refractivity (Wildman–Crippen MR) is 53.7 cm³/mol. The van der Waals surface area contributed by atoms with Gasteiger partial charge in [0.1, 0.15) is 6.10 Å². The van der Waals surface area contributed by atoms with Crippen molar-refractivity contribution in [1.82, 2.24) is 0 Å². The maximum absolute atomic E-state index is 11.2. The molecule has 1 aliphatic rings. The van der Waals surface area contributed by atoms with Crippen LogP contribution in [-0.4, -0.2) is 23.3 Å². The zero-order chi connectivity index (χ0) is 11.1. The number of hydrogen-bond donors (Lipinski definition) is 1. The van der Waals surface area contributed by atoms with Crippen LogP contribution in [0.25, 0.3) is 0 Å². The summed E-state index contributed by atoms with van der Waals surface area (Å²) in [6.07, 6.45) is -0.208. The van der Waals surface area contributed by atoms with Gasteiger partial charge in [-0.3, -0.25) is 4.79 Å². The standard InChI is InChI=1S/C11H20O3/c1-6-7(12)14-9-10(2,3)8(13)11(9,4)5/h8-9,13H,6H2,1-5H3. The Morgan fingerprint density at radius 3 is 2.07 bits per heavy atom. The van der Waals surface area contributed by atoms with Gasteiger partial charge in [0.15, 0.2) is 0 Å². The first kappa shape index (κ1) is 11.5. The van der Waals surface area contributed by atoms with E-state index in [4.69, 9.17) is 4.74 Å². The van der Waals surface area contributed by atoms with Gasteiger partial charge in [0, 0.05) is 17.3 Å². The van der Waals surface area contributed by atoms with Gasteiger partial charge >= 0.3 is 5.97 Å². The topological polar surface area (TPSA) is 46.5 Å². The lowest BCUT2D eigenvalue weighted by Gasteiger charge is -2.60. The van der Waals surface area contributed by atoms with Gasteiger partial charge in [0.2, 0.25) is 0 Å². The molecule has 3 heteroatoms. The third-order valence-electron chi connectivity index (χ3n) is 3.30. The van der Waals surface area contributed by atoms with Crippen LogP contribution in [-0.2, 0) is 9.53 Å². The predicted octanol–water partition coefficient (Wildman–Crippen LogP) is 1.74. The van der Waals surface area contributed by atoms with Crippen molar-refractivity contribution < 1.29 is 14.6 Å². The molecule has 14 heavy (non-hydrogen) atoms. The van der Waals surface area contributed by atoms with Crippen molar-refractivity contribution in [2.75, 3.05) is 0 Å². The second-order valence-corrected chi connectivity index (χ2v) is 5.27. The molecular weight excluding hydrogens is 180 g/mol. The highest BCUT2D eigenvalue weighted by atomic mass is 16.5. The quantitative estimate of drug-likeness (QED) is 0.690. The summed E-state index contributed by atoms with van der Waals surface area (Å²) in [5.41, 5.74) is -0.650. The lowest BCUT2D eigenvalue weighted by atomic mass is 9.51. The number of carbonyl (C=O) groups excluding carboxylic acids is 1. The van der Waals surface area contributed by atoms with Crippen LogP contribution in [0.1, 0.15) is 41.0 Å². The minimum atomic E-state index is -0.412. The minimum absolute atomic E-state index is 0.183. The summed E-state index contributed by atoms with van der Waals surface area (Å²) in [5.74, 6) is -0.192. The highest BCUT2D eigenvalue weighted by Gasteiger charge is 2.63. The van der Waals surface area contributed by atoms with Gasteiger partial charge in [-0.05, 0) is 0 Å². The minimum Gasteiger partial charge on any atom is -0.461 e. The van der Waals surface area contributed by atoms with E-state index in [-0.39, 0.29) is 22.9 Å². The largest absolute Gasteiger partial charge is 0.461 e. The van der Waals surface area contributed by atoms with Crippen LogP contribution < -0.4 is 0 Å². The summed E-state index contributed by atoms with van der Waals surface area (Å²) in [4.78, 5) is 11.2. The third-order valence-corrected chi connectivity index (χ3v) is 3.30. The maximum Gasteiger partial charge on any atom is 0.305 e. The first-order valence-corrected chi connectivity index (χ1v) is 5.12. The van der Waals surface area contributed by atoms with E-state index in [1.807, 2.05) is 27.7 Å². The van der Waals surface area contributed by atoms with Gasteiger partial charge < -0.3 is 9.84 Å². The molecule has 0 atom stereocenters. The Labute approximate surface area is 85.5 Å². The zero-order valence-corrected chi connectivity index (χ0v) is 9.63. The molecular formula is C11H20O3. The molecule has 1 fully saturated rings. The van der Waals surface area contributed by atoms with E-state index in [0.29, 0.717) is 6.42 Å². The summed E-state index contributed by atoms with van der Waals surface area (Å²) in [7, 11) is 0. The number of carbonyl (C=O) groups is 1. The van der Waals surface area contributed by atoms with Gasteiger partial charge in [-0.2, -0.15) is 0 Å². The van der Waals surface area contributed by atoms with Gasteiger partial charge in [-0.25, -0.2) is 0 Å². The van der Waals surface area contributed by atoms with Crippen molar-refractivity contribution in [2.24, 2.45) is 10.8 Å². The molecule has 82 valence electrons. The number of aliphatic hydroxyl groups is 1. The second-order valence-electron chi connectivity index (χ2n) is 5.27. The van der Waals surface area contributed by atoms with Gasteiger partial charge in [-0.15, -0.1) is 0 Å². The van der Waals surface area contributed by atoms with Crippen LogP contribution in [0.4, 0.5) is 0 Å². The number of esters is 1. The molecule has 0 radical (unpaired) electrons. The van der Waals surface area contributed by atoms with Crippen LogP contribution >= 0.6 is 0 Å².